The molecule has 2 N–H and O–H groups in total. The summed E-state index contributed by atoms with van der Waals surface area (Å²) in [5.74, 6) is 0. The summed E-state index contributed by atoms with van der Waals surface area (Å²) < 4.78 is 1.70. The number of hydrogen-bond donors (Lipinski definition) is 2. The highest BCUT2D eigenvalue weighted by atomic mass is 32.1. The zero-order valence-corrected chi connectivity index (χ0v) is 10.3. The van der Waals surface area contributed by atoms with Crippen LogP contribution in [0.15, 0.2) is 27.7 Å². The molecule has 1 aliphatic rings. The molecule has 3 heterocycles. The highest BCUT2D eigenvalue weighted by Crippen LogP contribution is 2.18. The van der Waals surface area contributed by atoms with Crippen LogP contribution in [0.4, 0.5) is 0 Å². The molecule has 1 fully saturated rings. The number of aromatic nitrogens is 2. The topological polar surface area (TPSA) is 49.8 Å². The van der Waals surface area contributed by atoms with Crippen molar-refractivity contribution >= 4 is 11.3 Å². The number of thiophene rings is 1. The summed E-state index contributed by atoms with van der Waals surface area (Å²) in [6.07, 6.45) is 2.36. The highest BCUT2D eigenvalue weighted by Gasteiger charge is 2.16. The van der Waals surface area contributed by atoms with Crippen molar-refractivity contribution in [3.63, 3.8) is 0 Å². The Labute approximate surface area is 103 Å². The lowest BCUT2D eigenvalue weighted by atomic mass is 10.2. The second-order valence-corrected chi connectivity index (χ2v) is 5.20. The van der Waals surface area contributed by atoms with Crippen molar-refractivity contribution in [3.8, 4) is 11.3 Å². The van der Waals surface area contributed by atoms with Crippen molar-refractivity contribution in [3.05, 3.63) is 33.2 Å². The SMILES string of the molecule is O=c1cc(-c2ccsc2)[nH]n1C[C@H]1CCCN1. The van der Waals surface area contributed by atoms with Gasteiger partial charge in [-0.25, -0.2) is 0 Å². The van der Waals surface area contributed by atoms with Crippen LogP contribution >= 0.6 is 11.3 Å². The Bertz CT molecular complexity index is 534. The fourth-order valence-electron chi connectivity index (χ4n) is 2.27. The molecule has 1 atom stereocenters. The molecule has 17 heavy (non-hydrogen) atoms. The summed E-state index contributed by atoms with van der Waals surface area (Å²) in [4.78, 5) is 11.8. The Morgan fingerprint density at radius 3 is 3.18 bits per heavy atom. The molecule has 0 spiro atoms. The fraction of sp³-hybridized carbons (Fsp3) is 0.417. The van der Waals surface area contributed by atoms with E-state index in [4.69, 9.17) is 0 Å². The van der Waals surface area contributed by atoms with Gasteiger partial charge in [-0.3, -0.25) is 14.6 Å². The van der Waals surface area contributed by atoms with Crippen LogP contribution in [0, 0.1) is 0 Å². The summed E-state index contributed by atoms with van der Waals surface area (Å²) in [5.41, 5.74) is 2.05. The molecule has 90 valence electrons. The Balaban J connectivity index is 1.83. The molecular weight excluding hydrogens is 234 g/mol. The smallest absolute Gasteiger partial charge is 0.267 e. The molecular formula is C12H15N3OS. The van der Waals surface area contributed by atoms with E-state index in [0.29, 0.717) is 6.04 Å². The van der Waals surface area contributed by atoms with E-state index < -0.39 is 0 Å². The molecule has 1 saturated heterocycles. The van der Waals surface area contributed by atoms with Gasteiger partial charge in [0.15, 0.2) is 0 Å². The molecule has 3 rings (SSSR count). The van der Waals surface area contributed by atoms with Crippen LogP contribution in [0.5, 0.6) is 0 Å². The summed E-state index contributed by atoms with van der Waals surface area (Å²) >= 11 is 1.64. The Hall–Kier alpha value is -1.33. The van der Waals surface area contributed by atoms with Crippen LogP contribution in [-0.2, 0) is 6.54 Å². The molecule has 0 aromatic carbocycles. The van der Waals surface area contributed by atoms with Crippen LogP contribution in [0.25, 0.3) is 11.3 Å². The third-order valence-corrected chi connectivity index (χ3v) is 3.87. The van der Waals surface area contributed by atoms with Gasteiger partial charge in [0.1, 0.15) is 0 Å². The van der Waals surface area contributed by atoms with Crippen molar-refractivity contribution in [1.29, 1.82) is 0 Å². The van der Waals surface area contributed by atoms with E-state index in [1.165, 1.54) is 6.42 Å². The van der Waals surface area contributed by atoms with Crippen molar-refractivity contribution < 1.29 is 0 Å². The molecule has 0 unspecified atom stereocenters. The lowest BCUT2D eigenvalue weighted by Gasteiger charge is -2.09. The quantitative estimate of drug-likeness (QED) is 0.869. The molecule has 2 aromatic heterocycles. The third-order valence-electron chi connectivity index (χ3n) is 3.19. The number of nitrogens with zero attached hydrogens (tertiary/aromatic N) is 1. The predicted molar refractivity (Wildman–Crippen MR) is 69.4 cm³/mol. The first-order chi connectivity index (χ1) is 8.33. The van der Waals surface area contributed by atoms with Crippen molar-refractivity contribution in [2.24, 2.45) is 0 Å². The van der Waals surface area contributed by atoms with E-state index in [-0.39, 0.29) is 5.56 Å². The highest BCUT2D eigenvalue weighted by molar-refractivity contribution is 7.08. The van der Waals surface area contributed by atoms with Gasteiger partial charge in [0, 0.05) is 23.1 Å². The maximum atomic E-state index is 11.8. The molecule has 0 saturated carbocycles. The van der Waals surface area contributed by atoms with Crippen molar-refractivity contribution in [1.82, 2.24) is 15.1 Å². The largest absolute Gasteiger partial charge is 0.312 e. The van der Waals surface area contributed by atoms with Crippen LogP contribution < -0.4 is 10.9 Å². The minimum atomic E-state index is 0.0555. The predicted octanol–water partition coefficient (Wildman–Crippen LogP) is 1.66. The van der Waals surface area contributed by atoms with Gasteiger partial charge in [0.05, 0.1) is 12.2 Å². The van der Waals surface area contributed by atoms with Crippen LogP contribution in [0.2, 0.25) is 0 Å². The van der Waals surface area contributed by atoms with Gasteiger partial charge >= 0.3 is 0 Å². The van der Waals surface area contributed by atoms with Crippen LogP contribution in [-0.4, -0.2) is 22.4 Å². The van der Waals surface area contributed by atoms with E-state index in [2.05, 4.69) is 10.4 Å². The van der Waals surface area contributed by atoms with E-state index in [9.17, 15) is 4.79 Å². The number of H-pyrrole nitrogens is 1. The van der Waals surface area contributed by atoms with Gasteiger partial charge in [-0.15, -0.1) is 0 Å². The van der Waals surface area contributed by atoms with E-state index in [1.807, 2.05) is 16.8 Å². The first-order valence-corrected chi connectivity index (χ1v) is 6.83. The molecule has 5 heteroatoms. The molecule has 0 aliphatic carbocycles. The number of nitrogens with one attached hydrogen (secondary N) is 2. The molecule has 4 nitrogen and oxygen atoms in total. The van der Waals surface area contributed by atoms with Gasteiger partial charge in [-0.05, 0) is 30.8 Å². The number of hydrogen-bond acceptors (Lipinski definition) is 3. The second-order valence-electron chi connectivity index (χ2n) is 4.42. The molecule has 0 radical (unpaired) electrons. The minimum absolute atomic E-state index is 0.0555. The van der Waals surface area contributed by atoms with Crippen LogP contribution in [0.1, 0.15) is 12.8 Å². The lowest BCUT2D eigenvalue weighted by molar-refractivity contribution is 0.468. The molecule has 2 aromatic rings. The zero-order valence-electron chi connectivity index (χ0n) is 9.48. The van der Waals surface area contributed by atoms with Gasteiger partial charge in [-0.1, -0.05) is 0 Å². The lowest BCUT2D eigenvalue weighted by Crippen LogP contribution is -2.31. The summed E-state index contributed by atoms with van der Waals surface area (Å²) in [6, 6.07) is 4.13. The Kier molecular flexibility index (Phi) is 2.86. The van der Waals surface area contributed by atoms with Gasteiger partial charge in [0.25, 0.3) is 5.56 Å². The van der Waals surface area contributed by atoms with Crippen LogP contribution in [0.3, 0.4) is 0 Å². The number of rotatable bonds is 3. The number of aromatic amines is 1. The van der Waals surface area contributed by atoms with Gasteiger partial charge in [-0.2, -0.15) is 11.3 Å². The van der Waals surface area contributed by atoms with Crippen molar-refractivity contribution in [2.45, 2.75) is 25.4 Å². The first kappa shape index (κ1) is 10.8. The van der Waals surface area contributed by atoms with E-state index in [1.54, 1.807) is 22.1 Å². The average Bonchev–Trinajstić information content (AvgIpc) is 3.02. The van der Waals surface area contributed by atoms with Gasteiger partial charge in [0.2, 0.25) is 0 Å². The van der Waals surface area contributed by atoms with E-state index in [0.717, 1.165) is 30.8 Å². The maximum Gasteiger partial charge on any atom is 0.267 e. The fourth-order valence-corrected chi connectivity index (χ4v) is 2.92. The maximum absolute atomic E-state index is 11.8. The Morgan fingerprint density at radius 1 is 1.53 bits per heavy atom. The minimum Gasteiger partial charge on any atom is -0.312 e. The summed E-state index contributed by atoms with van der Waals surface area (Å²) in [7, 11) is 0. The normalized spacial score (nSPS) is 19.9. The van der Waals surface area contributed by atoms with Gasteiger partial charge < -0.3 is 5.32 Å². The molecule has 0 bridgehead atoms. The Morgan fingerprint density at radius 2 is 2.47 bits per heavy atom. The molecule has 1 aliphatic heterocycles. The third kappa shape index (κ3) is 2.21. The standard InChI is InChI=1S/C12H15N3OS/c16-12-6-11(9-3-5-17-8-9)14-15(12)7-10-2-1-4-13-10/h3,5-6,8,10,13-14H,1-2,4,7H2/t10-/m1/s1. The average molecular weight is 249 g/mol. The summed E-state index contributed by atoms with van der Waals surface area (Å²) in [5, 5.41) is 10.6. The monoisotopic (exact) mass is 249 g/mol. The summed E-state index contributed by atoms with van der Waals surface area (Å²) in [6.45, 7) is 1.81. The first-order valence-electron chi connectivity index (χ1n) is 5.89. The molecule has 0 amide bonds. The zero-order chi connectivity index (χ0) is 11.7. The van der Waals surface area contributed by atoms with E-state index >= 15 is 0 Å². The second kappa shape index (κ2) is 4.50. The van der Waals surface area contributed by atoms with Crippen molar-refractivity contribution in [2.75, 3.05) is 6.54 Å².